The van der Waals surface area contributed by atoms with Crippen LogP contribution in [-0.4, -0.2) is 30.2 Å². The number of nitrogens with one attached hydrogen (secondary N) is 1. The van der Waals surface area contributed by atoms with Gasteiger partial charge in [-0.15, -0.1) is 0 Å². The Labute approximate surface area is 143 Å². The normalized spacial score (nSPS) is 14.9. The molecule has 3 heterocycles. The lowest BCUT2D eigenvalue weighted by Crippen LogP contribution is -2.29. The van der Waals surface area contributed by atoms with Crippen LogP contribution in [0.15, 0.2) is 41.7 Å². The number of hydrogen-bond acceptors (Lipinski definition) is 5. The fourth-order valence-corrected chi connectivity index (χ4v) is 3.30. The van der Waals surface area contributed by atoms with Crippen LogP contribution in [0.1, 0.15) is 31.7 Å². The SMILES string of the molecule is O=C(Cn1cnc2ncccc2c1=O)Nc1ccnn1C1CCCC1. The van der Waals surface area contributed by atoms with Gasteiger partial charge in [0, 0.05) is 12.3 Å². The molecule has 128 valence electrons. The molecule has 4 rings (SSSR count). The van der Waals surface area contributed by atoms with Crippen molar-refractivity contribution in [1.82, 2.24) is 24.3 Å². The number of pyridine rings is 1. The van der Waals surface area contributed by atoms with Crippen LogP contribution in [0, 0.1) is 0 Å². The summed E-state index contributed by atoms with van der Waals surface area (Å²) >= 11 is 0. The van der Waals surface area contributed by atoms with E-state index in [2.05, 4.69) is 20.4 Å². The number of fused-ring (bicyclic) bond motifs is 1. The Bertz CT molecular complexity index is 970. The molecule has 0 saturated heterocycles. The topological polar surface area (TPSA) is 94.7 Å². The lowest BCUT2D eigenvalue weighted by Gasteiger charge is -2.15. The average Bonchev–Trinajstić information content (AvgIpc) is 3.29. The molecule has 1 saturated carbocycles. The third kappa shape index (κ3) is 3.02. The van der Waals surface area contributed by atoms with Gasteiger partial charge >= 0.3 is 0 Å². The maximum atomic E-state index is 12.4. The zero-order valence-corrected chi connectivity index (χ0v) is 13.6. The largest absolute Gasteiger partial charge is 0.309 e. The lowest BCUT2D eigenvalue weighted by atomic mass is 10.2. The van der Waals surface area contributed by atoms with Gasteiger partial charge in [-0.25, -0.2) is 14.6 Å². The van der Waals surface area contributed by atoms with E-state index in [1.807, 2.05) is 4.68 Å². The Morgan fingerprint density at radius 1 is 1.20 bits per heavy atom. The quantitative estimate of drug-likeness (QED) is 0.782. The van der Waals surface area contributed by atoms with Gasteiger partial charge in [0.25, 0.3) is 5.56 Å². The molecule has 8 heteroatoms. The van der Waals surface area contributed by atoms with Gasteiger partial charge in [0.15, 0.2) is 5.65 Å². The maximum absolute atomic E-state index is 12.4. The first kappa shape index (κ1) is 15.5. The highest BCUT2D eigenvalue weighted by Crippen LogP contribution is 2.31. The van der Waals surface area contributed by atoms with E-state index in [9.17, 15) is 9.59 Å². The van der Waals surface area contributed by atoms with E-state index in [1.54, 1.807) is 30.6 Å². The van der Waals surface area contributed by atoms with Crippen LogP contribution in [0.4, 0.5) is 5.82 Å². The summed E-state index contributed by atoms with van der Waals surface area (Å²) in [5.74, 6) is 0.382. The van der Waals surface area contributed by atoms with E-state index in [4.69, 9.17) is 0 Å². The lowest BCUT2D eigenvalue weighted by molar-refractivity contribution is -0.116. The molecule has 0 spiro atoms. The summed E-state index contributed by atoms with van der Waals surface area (Å²) in [6.45, 7) is -0.105. The number of aromatic nitrogens is 5. The average molecular weight is 338 g/mol. The van der Waals surface area contributed by atoms with Gasteiger partial charge in [0.1, 0.15) is 18.7 Å². The van der Waals surface area contributed by atoms with E-state index >= 15 is 0 Å². The first-order chi connectivity index (χ1) is 12.2. The standard InChI is InChI=1S/C17H18N6O2/c24-15(21-14-7-9-20-23(14)12-4-1-2-5-12)10-22-11-19-16-13(17(22)25)6-3-8-18-16/h3,6-9,11-12H,1-2,4-5,10H2,(H,21,24). The second-order valence-corrected chi connectivity index (χ2v) is 6.20. The van der Waals surface area contributed by atoms with Crippen LogP contribution in [0.5, 0.6) is 0 Å². The maximum Gasteiger partial charge on any atom is 0.263 e. The van der Waals surface area contributed by atoms with E-state index in [1.165, 1.54) is 23.7 Å². The molecule has 0 atom stereocenters. The highest BCUT2D eigenvalue weighted by molar-refractivity contribution is 5.89. The fraction of sp³-hybridized carbons (Fsp3) is 0.353. The molecule has 25 heavy (non-hydrogen) atoms. The van der Waals surface area contributed by atoms with Crippen molar-refractivity contribution < 1.29 is 4.79 Å². The predicted molar refractivity (Wildman–Crippen MR) is 92.2 cm³/mol. The Balaban J connectivity index is 1.53. The summed E-state index contributed by atoms with van der Waals surface area (Å²) in [6.07, 6.45) is 9.14. The molecular weight excluding hydrogens is 320 g/mol. The Hall–Kier alpha value is -3.03. The zero-order valence-electron chi connectivity index (χ0n) is 13.6. The van der Waals surface area contributed by atoms with E-state index in [0.717, 1.165) is 12.8 Å². The second-order valence-electron chi connectivity index (χ2n) is 6.20. The molecule has 0 aliphatic heterocycles. The molecule has 8 nitrogen and oxygen atoms in total. The number of nitrogens with zero attached hydrogens (tertiary/aromatic N) is 5. The Kier molecular flexibility index (Phi) is 4.01. The van der Waals surface area contributed by atoms with Crippen molar-refractivity contribution in [1.29, 1.82) is 0 Å². The molecule has 0 radical (unpaired) electrons. The van der Waals surface area contributed by atoms with Gasteiger partial charge in [-0.2, -0.15) is 5.10 Å². The number of amides is 1. The summed E-state index contributed by atoms with van der Waals surface area (Å²) in [6, 6.07) is 5.44. The molecule has 1 fully saturated rings. The molecule has 1 aliphatic rings. The van der Waals surface area contributed by atoms with Crippen molar-refractivity contribution in [3.05, 3.63) is 47.3 Å². The van der Waals surface area contributed by atoms with Crippen molar-refractivity contribution >= 4 is 22.8 Å². The third-order valence-electron chi connectivity index (χ3n) is 4.52. The van der Waals surface area contributed by atoms with Crippen LogP contribution < -0.4 is 10.9 Å². The molecule has 0 unspecified atom stereocenters. The Morgan fingerprint density at radius 2 is 2.04 bits per heavy atom. The second kappa shape index (κ2) is 6.46. The van der Waals surface area contributed by atoms with Crippen molar-refractivity contribution in [2.45, 2.75) is 38.3 Å². The number of hydrogen-bond donors (Lipinski definition) is 1. The van der Waals surface area contributed by atoms with Crippen LogP contribution in [0.25, 0.3) is 11.0 Å². The minimum absolute atomic E-state index is 0.105. The highest BCUT2D eigenvalue weighted by atomic mass is 16.2. The summed E-state index contributed by atoms with van der Waals surface area (Å²) in [5, 5.41) is 7.58. The molecule has 0 bridgehead atoms. The Morgan fingerprint density at radius 3 is 2.88 bits per heavy atom. The molecule has 3 aromatic heterocycles. The van der Waals surface area contributed by atoms with Gasteiger partial charge in [-0.3, -0.25) is 14.2 Å². The first-order valence-electron chi connectivity index (χ1n) is 8.36. The molecular formula is C17H18N6O2. The van der Waals surface area contributed by atoms with Crippen LogP contribution in [-0.2, 0) is 11.3 Å². The van der Waals surface area contributed by atoms with E-state index < -0.39 is 0 Å². The monoisotopic (exact) mass is 338 g/mol. The number of carbonyl (C=O) groups excluding carboxylic acids is 1. The van der Waals surface area contributed by atoms with Crippen molar-refractivity contribution in [3.8, 4) is 0 Å². The van der Waals surface area contributed by atoms with Gasteiger partial charge < -0.3 is 5.32 Å². The van der Waals surface area contributed by atoms with E-state index in [0.29, 0.717) is 22.9 Å². The van der Waals surface area contributed by atoms with Crippen molar-refractivity contribution in [2.24, 2.45) is 0 Å². The minimum Gasteiger partial charge on any atom is -0.309 e. The molecule has 1 amide bonds. The fourth-order valence-electron chi connectivity index (χ4n) is 3.30. The van der Waals surface area contributed by atoms with Crippen LogP contribution >= 0.6 is 0 Å². The van der Waals surface area contributed by atoms with E-state index in [-0.39, 0.29) is 18.0 Å². The molecule has 3 aromatic rings. The first-order valence-corrected chi connectivity index (χ1v) is 8.36. The molecule has 0 aromatic carbocycles. The van der Waals surface area contributed by atoms with Crippen LogP contribution in [0.2, 0.25) is 0 Å². The molecule has 1 N–H and O–H groups in total. The van der Waals surface area contributed by atoms with Gasteiger partial charge in [-0.1, -0.05) is 12.8 Å². The van der Waals surface area contributed by atoms with Gasteiger partial charge in [0.05, 0.1) is 17.6 Å². The summed E-state index contributed by atoms with van der Waals surface area (Å²) in [4.78, 5) is 33.0. The summed E-state index contributed by atoms with van der Waals surface area (Å²) in [7, 11) is 0. The van der Waals surface area contributed by atoms with Gasteiger partial charge in [0.2, 0.25) is 5.91 Å². The highest BCUT2D eigenvalue weighted by Gasteiger charge is 2.20. The number of carbonyl (C=O) groups is 1. The zero-order chi connectivity index (χ0) is 17.2. The van der Waals surface area contributed by atoms with Crippen LogP contribution in [0.3, 0.4) is 0 Å². The minimum atomic E-state index is -0.285. The van der Waals surface area contributed by atoms with Crippen molar-refractivity contribution in [2.75, 3.05) is 5.32 Å². The summed E-state index contributed by atoms with van der Waals surface area (Å²) < 4.78 is 3.16. The molecule has 1 aliphatic carbocycles. The van der Waals surface area contributed by atoms with Crippen molar-refractivity contribution in [3.63, 3.8) is 0 Å². The van der Waals surface area contributed by atoms with Gasteiger partial charge in [-0.05, 0) is 25.0 Å². The summed E-state index contributed by atoms with van der Waals surface area (Å²) in [5.41, 5.74) is 0.0982. The predicted octanol–water partition coefficient (Wildman–Crippen LogP) is 1.74. The number of anilines is 1. The smallest absolute Gasteiger partial charge is 0.263 e. The number of rotatable bonds is 4. The third-order valence-corrected chi connectivity index (χ3v) is 4.52.